The van der Waals surface area contributed by atoms with Crippen LogP contribution in [0.5, 0.6) is 0 Å². The predicted octanol–water partition coefficient (Wildman–Crippen LogP) is 0.683. The van der Waals surface area contributed by atoms with Crippen LogP contribution in [0.15, 0.2) is 18.2 Å². The summed E-state index contributed by atoms with van der Waals surface area (Å²) in [7, 11) is 1.38. The SMILES string of the molecule is COCC(=O)c1ccc(N2CCN(S(=O)O)CC2)c([N+](=O)[O-])c1. The Bertz CT molecular complexity index is 630. The number of methoxy groups -OCH3 is 1. The van der Waals surface area contributed by atoms with Crippen molar-refractivity contribution in [2.24, 2.45) is 0 Å². The molecule has 1 atom stereocenters. The lowest BCUT2D eigenvalue weighted by atomic mass is 10.1. The Morgan fingerprint density at radius 3 is 2.57 bits per heavy atom. The van der Waals surface area contributed by atoms with E-state index in [0.717, 1.165) is 0 Å². The molecular weight excluding hydrogens is 326 g/mol. The quantitative estimate of drug-likeness (QED) is 0.350. The van der Waals surface area contributed by atoms with Gasteiger partial charge in [-0.05, 0) is 12.1 Å². The van der Waals surface area contributed by atoms with Gasteiger partial charge in [0, 0.05) is 44.9 Å². The molecule has 1 heterocycles. The van der Waals surface area contributed by atoms with Crippen molar-refractivity contribution in [2.75, 3.05) is 44.8 Å². The molecule has 2 rings (SSSR count). The summed E-state index contributed by atoms with van der Waals surface area (Å²) in [5.74, 6) is -0.331. The Morgan fingerprint density at radius 1 is 1.39 bits per heavy atom. The molecule has 23 heavy (non-hydrogen) atoms. The number of piperazine rings is 1. The molecule has 0 bridgehead atoms. The van der Waals surface area contributed by atoms with E-state index < -0.39 is 16.2 Å². The second kappa shape index (κ2) is 7.59. The highest BCUT2D eigenvalue weighted by Gasteiger charge is 2.26. The number of benzene rings is 1. The molecule has 0 spiro atoms. The fraction of sp³-hybridized carbons (Fsp3) is 0.462. The lowest BCUT2D eigenvalue weighted by molar-refractivity contribution is -0.384. The number of nitro benzene ring substituents is 1. The number of ether oxygens (including phenoxy) is 1. The van der Waals surface area contributed by atoms with Crippen LogP contribution in [0.2, 0.25) is 0 Å². The lowest BCUT2D eigenvalue weighted by Crippen LogP contribution is -2.47. The highest BCUT2D eigenvalue weighted by atomic mass is 32.2. The number of nitro groups is 1. The van der Waals surface area contributed by atoms with E-state index in [1.807, 2.05) is 0 Å². The summed E-state index contributed by atoms with van der Waals surface area (Å²) >= 11 is -2.04. The van der Waals surface area contributed by atoms with E-state index in [2.05, 4.69) is 0 Å². The van der Waals surface area contributed by atoms with Crippen molar-refractivity contribution in [2.45, 2.75) is 0 Å². The molecule has 0 aromatic heterocycles. The van der Waals surface area contributed by atoms with Crippen molar-refractivity contribution >= 4 is 28.4 Å². The van der Waals surface area contributed by atoms with Crippen LogP contribution in [0.4, 0.5) is 11.4 Å². The molecule has 1 aliphatic rings. The average Bonchev–Trinajstić information content (AvgIpc) is 2.54. The normalized spacial score (nSPS) is 17.0. The molecule has 1 unspecified atom stereocenters. The second-order valence-electron chi connectivity index (χ2n) is 4.96. The summed E-state index contributed by atoms with van der Waals surface area (Å²) < 4.78 is 26.2. The fourth-order valence-electron chi connectivity index (χ4n) is 2.41. The molecule has 10 heteroatoms. The van der Waals surface area contributed by atoms with Crippen LogP contribution >= 0.6 is 0 Å². The first kappa shape index (κ1) is 17.5. The Hall–Kier alpha value is -1.88. The maximum atomic E-state index is 11.8. The second-order valence-corrected chi connectivity index (χ2v) is 5.94. The summed E-state index contributed by atoms with van der Waals surface area (Å²) in [6.07, 6.45) is 0. The van der Waals surface area contributed by atoms with Crippen LogP contribution in [0.3, 0.4) is 0 Å². The third kappa shape index (κ3) is 4.10. The topological polar surface area (TPSA) is 113 Å². The predicted molar refractivity (Wildman–Crippen MR) is 83.9 cm³/mol. The van der Waals surface area contributed by atoms with E-state index in [1.165, 1.54) is 29.6 Å². The molecule has 1 aromatic carbocycles. The average molecular weight is 343 g/mol. The van der Waals surface area contributed by atoms with E-state index in [-0.39, 0.29) is 23.6 Å². The minimum atomic E-state index is -2.04. The summed E-state index contributed by atoms with van der Waals surface area (Å²) in [4.78, 5) is 24.3. The Morgan fingerprint density at radius 2 is 2.04 bits per heavy atom. The summed E-state index contributed by atoms with van der Waals surface area (Å²) in [6.45, 7) is 1.28. The number of hydrogen-bond donors (Lipinski definition) is 1. The standard InChI is InChI=1S/C13H17N3O6S/c1-22-9-13(17)10-2-3-11(12(8-10)16(18)19)14-4-6-15(7-5-14)23(20)21/h2-3,8H,4-7,9H2,1H3,(H,20,21). The summed E-state index contributed by atoms with van der Waals surface area (Å²) in [5.41, 5.74) is 0.454. The molecule has 126 valence electrons. The van der Waals surface area contributed by atoms with E-state index >= 15 is 0 Å². The minimum absolute atomic E-state index is 0.141. The first-order valence-electron chi connectivity index (χ1n) is 6.85. The van der Waals surface area contributed by atoms with Crippen molar-refractivity contribution in [3.05, 3.63) is 33.9 Å². The summed E-state index contributed by atoms with van der Waals surface area (Å²) in [5, 5.41) is 11.3. The number of nitrogens with zero attached hydrogens (tertiary/aromatic N) is 3. The third-order valence-corrected chi connectivity index (χ3v) is 4.38. The molecule has 0 saturated carbocycles. The molecule has 1 aliphatic heterocycles. The number of anilines is 1. The molecule has 0 radical (unpaired) electrons. The molecular formula is C13H17N3O6S. The van der Waals surface area contributed by atoms with E-state index in [4.69, 9.17) is 9.29 Å². The van der Waals surface area contributed by atoms with Gasteiger partial charge in [-0.25, -0.2) is 4.21 Å². The van der Waals surface area contributed by atoms with Gasteiger partial charge in [-0.15, -0.1) is 0 Å². The van der Waals surface area contributed by atoms with Crippen molar-refractivity contribution in [1.82, 2.24) is 4.31 Å². The zero-order valence-electron chi connectivity index (χ0n) is 12.5. The Balaban J connectivity index is 2.24. The van der Waals surface area contributed by atoms with Gasteiger partial charge in [-0.1, -0.05) is 0 Å². The van der Waals surface area contributed by atoms with Gasteiger partial charge in [-0.3, -0.25) is 19.5 Å². The van der Waals surface area contributed by atoms with Crippen LogP contribution in [-0.2, 0) is 16.0 Å². The first-order valence-corrected chi connectivity index (χ1v) is 7.92. The van der Waals surface area contributed by atoms with Crippen LogP contribution < -0.4 is 4.90 Å². The maximum absolute atomic E-state index is 11.8. The van der Waals surface area contributed by atoms with Gasteiger partial charge >= 0.3 is 0 Å². The number of rotatable bonds is 6. The van der Waals surface area contributed by atoms with Crippen LogP contribution in [0.1, 0.15) is 10.4 Å². The minimum Gasteiger partial charge on any atom is -0.377 e. The van der Waals surface area contributed by atoms with Gasteiger partial charge in [0.1, 0.15) is 12.3 Å². The van der Waals surface area contributed by atoms with Gasteiger partial charge in [0.05, 0.1) is 4.92 Å². The Kier molecular flexibility index (Phi) is 5.77. The molecule has 9 nitrogen and oxygen atoms in total. The van der Waals surface area contributed by atoms with Crippen LogP contribution in [-0.4, -0.2) is 63.7 Å². The van der Waals surface area contributed by atoms with Crippen molar-refractivity contribution in [3.8, 4) is 0 Å². The van der Waals surface area contributed by atoms with E-state index in [0.29, 0.717) is 31.9 Å². The van der Waals surface area contributed by atoms with Crippen molar-refractivity contribution in [3.63, 3.8) is 0 Å². The molecule has 1 aromatic rings. The summed E-state index contributed by atoms with van der Waals surface area (Å²) in [6, 6.07) is 4.31. The zero-order valence-corrected chi connectivity index (χ0v) is 13.3. The number of ketones is 1. The highest BCUT2D eigenvalue weighted by molar-refractivity contribution is 7.76. The van der Waals surface area contributed by atoms with Crippen molar-refractivity contribution in [1.29, 1.82) is 0 Å². The van der Waals surface area contributed by atoms with E-state index in [1.54, 1.807) is 4.90 Å². The highest BCUT2D eigenvalue weighted by Crippen LogP contribution is 2.30. The lowest BCUT2D eigenvalue weighted by Gasteiger charge is -2.33. The van der Waals surface area contributed by atoms with Gasteiger partial charge in [0.15, 0.2) is 5.78 Å². The zero-order chi connectivity index (χ0) is 17.0. The van der Waals surface area contributed by atoms with Gasteiger partial charge in [0.25, 0.3) is 5.69 Å². The Labute approximate surface area is 135 Å². The number of Topliss-reactive ketones (excluding diaryl/α,β-unsaturated/α-hetero) is 1. The molecule has 1 saturated heterocycles. The van der Waals surface area contributed by atoms with Crippen LogP contribution in [0, 0.1) is 10.1 Å². The van der Waals surface area contributed by atoms with Crippen LogP contribution in [0.25, 0.3) is 0 Å². The molecule has 1 fully saturated rings. The number of carbonyl (C=O) groups excluding carboxylic acids is 1. The number of hydrogen-bond acceptors (Lipinski definition) is 6. The van der Waals surface area contributed by atoms with Gasteiger partial charge in [0.2, 0.25) is 11.3 Å². The fourth-order valence-corrected chi connectivity index (χ4v) is 2.89. The van der Waals surface area contributed by atoms with Gasteiger partial charge < -0.3 is 9.64 Å². The van der Waals surface area contributed by atoms with Gasteiger partial charge in [-0.2, -0.15) is 4.31 Å². The molecule has 0 amide bonds. The van der Waals surface area contributed by atoms with Crippen molar-refractivity contribution < 1.29 is 23.2 Å². The maximum Gasteiger partial charge on any atom is 0.293 e. The largest absolute Gasteiger partial charge is 0.377 e. The molecule has 0 aliphatic carbocycles. The number of carbonyl (C=O) groups is 1. The smallest absolute Gasteiger partial charge is 0.293 e. The molecule has 1 N–H and O–H groups in total. The third-order valence-electron chi connectivity index (χ3n) is 3.57. The first-order chi connectivity index (χ1) is 10.9. The monoisotopic (exact) mass is 343 g/mol. The van der Waals surface area contributed by atoms with E-state index in [9.17, 15) is 19.1 Å².